The van der Waals surface area contributed by atoms with E-state index in [0.29, 0.717) is 5.69 Å². The quantitative estimate of drug-likeness (QED) is 0.295. The highest BCUT2D eigenvalue weighted by atomic mass is 32.1. The van der Waals surface area contributed by atoms with Gasteiger partial charge in [0.05, 0.1) is 22.0 Å². The minimum absolute atomic E-state index is 0.124. The third kappa shape index (κ3) is 4.77. The topological polar surface area (TPSA) is 56.6 Å². The standard InChI is InChI=1S/C27H31N5OS2/c1-4-9-20-13-15-21(16-14-20)29-31-23(24-12-8-17-34-24)18-35-27(31)28-25-19(2)30(3)32(26(25)33)22-10-6-5-7-11-22/h5-8,10-12,17-18,20H,4,9,13-16H2,1-3H3. The molecule has 1 aliphatic carbocycles. The van der Waals surface area contributed by atoms with E-state index in [4.69, 9.17) is 10.1 Å². The first-order valence-corrected chi connectivity index (χ1v) is 14.0. The Labute approximate surface area is 213 Å². The average Bonchev–Trinajstić information content (AvgIpc) is 3.58. The molecule has 1 fully saturated rings. The maximum absolute atomic E-state index is 13.5. The highest BCUT2D eigenvalue weighted by Crippen LogP contribution is 2.29. The van der Waals surface area contributed by atoms with Crippen molar-refractivity contribution in [3.8, 4) is 16.3 Å². The van der Waals surface area contributed by atoms with Crippen LogP contribution in [0.2, 0.25) is 0 Å². The molecule has 3 aromatic heterocycles. The predicted octanol–water partition coefficient (Wildman–Crippen LogP) is 6.50. The molecule has 0 saturated heterocycles. The highest BCUT2D eigenvalue weighted by molar-refractivity contribution is 7.14. The van der Waals surface area contributed by atoms with Gasteiger partial charge >= 0.3 is 0 Å². The molecule has 1 aliphatic rings. The van der Waals surface area contributed by atoms with Crippen molar-refractivity contribution in [3.63, 3.8) is 0 Å². The number of hydrogen-bond donors (Lipinski definition) is 0. The van der Waals surface area contributed by atoms with E-state index >= 15 is 0 Å². The van der Waals surface area contributed by atoms with Crippen molar-refractivity contribution in [2.45, 2.75) is 52.4 Å². The molecule has 1 aromatic carbocycles. The SMILES string of the molecule is CCCC1CCC(=Nn2c(-c3cccs3)csc2=Nc2c(C)n(C)n(-c3ccccc3)c2=O)CC1. The van der Waals surface area contributed by atoms with E-state index in [1.807, 2.05) is 53.7 Å². The number of thiophene rings is 1. The monoisotopic (exact) mass is 505 g/mol. The van der Waals surface area contributed by atoms with Crippen molar-refractivity contribution in [2.75, 3.05) is 0 Å². The van der Waals surface area contributed by atoms with Gasteiger partial charge in [-0.2, -0.15) is 5.10 Å². The van der Waals surface area contributed by atoms with Crippen LogP contribution < -0.4 is 10.4 Å². The van der Waals surface area contributed by atoms with Crippen LogP contribution in [-0.4, -0.2) is 19.8 Å². The molecule has 1 saturated carbocycles. The molecule has 0 radical (unpaired) electrons. The smallest absolute Gasteiger partial charge is 0.283 e. The van der Waals surface area contributed by atoms with E-state index in [2.05, 4.69) is 29.8 Å². The maximum atomic E-state index is 13.5. The van der Waals surface area contributed by atoms with Crippen molar-refractivity contribution in [1.29, 1.82) is 0 Å². The van der Waals surface area contributed by atoms with Gasteiger partial charge in [-0.3, -0.25) is 9.48 Å². The van der Waals surface area contributed by atoms with Crippen LogP contribution in [0.3, 0.4) is 0 Å². The fraction of sp³-hybridized carbons (Fsp3) is 0.370. The lowest BCUT2D eigenvalue weighted by molar-refractivity contribution is 0.407. The molecule has 4 aromatic rings. The molecule has 3 heterocycles. The largest absolute Gasteiger partial charge is 0.297 e. The van der Waals surface area contributed by atoms with E-state index < -0.39 is 0 Å². The number of nitrogens with zero attached hydrogens (tertiary/aromatic N) is 5. The Morgan fingerprint density at radius 3 is 2.51 bits per heavy atom. The molecule has 182 valence electrons. The van der Waals surface area contributed by atoms with Crippen LogP contribution in [0.25, 0.3) is 16.3 Å². The normalized spacial score (nSPS) is 16.7. The number of rotatable bonds is 6. The van der Waals surface area contributed by atoms with Crippen molar-refractivity contribution in [3.05, 3.63) is 74.1 Å². The number of hydrogen-bond acceptors (Lipinski definition) is 5. The Morgan fingerprint density at radius 2 is 1.83 bits per heavy atom. The van der Waals surface area contributed by atoms with Crippen molar-refractivity contribution in [2.24, 2.45) is 23.1 Å². The second-order valence-electron chi connectivity index (χ2n) is 9.11. The number of benzene rings is 1. The second-order valence-corrected chi connectivity index (χ2v) is 10.9. The summed E-state index contributed by atoms with van der Waals surface area (Å²) in [6.45, 7) is 4.21. The van der Waals surface area contributed by atoms with Crippen molar-refractivity contribution < 1.29 is 0 Å². The average molecular weight is 506 g/mol. The number of para-hydroxylation sites is 1. The first-order valence-electron chi connectivity index (χ1n) is 12.3. The van der Waals surface area contributed by atoms with Gasteiger partial charge in [0.15, 0.2) is 5.69 Å². The molecule has 5 rings (SSSR count). The van der Waals surface area contributed by atoms with Gasteiger partial charge in [0.2, 0.25) is 4.80 Å². The molecule has 0 atom stereocenters. The van der Waals surface area contributed by atoms with Gasteiger partial charge in [0.25, 0.3) is 5.56 Å². The molecule has 0 aliphatic heterocycles. The molecule has 6 nitrogen and oxygen atoms in total. The molecule has 0 unspecified atom stereocenters. The van der Waals surface area contributed by atoms with Gasteiger partial charge in [0, 0.05) is 18.1 Å². The minimum atomic E-state index is -0.124. The zero-order valence-electron chi connectivity index (χ0n) is 20.5. The summed E-state index contributed by atoms with van der Waals surface area (Å²) >= 11 is 3.23. The molecule has 0 N–H and O–H groups in total. The van der Waals surface area contributed by atoms with Crippen LogP contribution in [0.5, 0.6) is 0 Å². The molecular formula is C27H31N5OS2. The maximum Gasteiger partial charge on any atom is 0.297 e. The van der Waals surface area contributed by atoms with Crippen LogP contribution in [0.15, 0.2) is 68.1 Å². The Morgan fingerprint density at radius 1 is 1.06 bits per heavy atom. The molecule has 0 amide bonds. The summed E-state index contributed by atoms with van der Waals surface area (Å²) in [5, 5.41) is 9.30. The van der Waals surface area contributed by atoms with Gasteiger partial charge in [-0.05, 0) is 62.1 Å². The summed E-state index contributed by atoms with van der Waals surface area (Å²) in [5.74, 6) is 0.816. The van der Waals surface area contributed by atoms with E-state index in [0.717, 1.165) is 45.5 Å². The van der Waals surface area contributed by atoms with Gasteiger partial charge in [-0.25, -0.2) is 14.4 Å². The minimum Gasteiger partial charge on any atom is -0.283 e. The van der Waals surface area contributed by atoms with E-state index in [1.165, 1.54) is 42.7 Å². The van der Waals surface area contributed by atoms with E-state index in [1.54, 1.807) is 16.0 Å². The fourth-order valence-electron chi connectivity index (χ4n) is 4.80. The first-order chi connectivity index (χ1) is 17.1. The summed E-state index contributed by atoms with van der Waals surface area (Å²) in [4.78, 5) is 20.2. The van der Waals surface area contributed by atoms with E-state index in [9.17, 15) is 4.79 Å². The Bertz CT molecular complexity index is 1440. The lowest BCUT2D eigenvalue weighted by Crippen LogP contribution is -2.20. The lowest BCUT2D eigenvalue weighted by Gasteiger charge is -2.22. The Hall–Kier alpha value is -2.97. The van der Waals surface area contributed by atoms with Crippen LogP contribution in [-0.2, 0) is 7.05 Å². The van der Waals surface area contributed by atoms with Gasteiger partial charge in [-0.15, -0.1) is 22.7 Å². The lowest BCUT2D eigenvalue weighted by atomic mass is 9.85. The zero-order chi connectivity index (χ0) is 24.4. The van der Waals surface area contributed by atoms with Crippen LogP contribution >= 0.6 is 22.7 Å². The third-order valence-electron chi connectivity index (χ3n) is 6.81. The third-order valence-corrected chi connectivity index (χ3v) is 8.52. The van der Waals surface area contributed by atoms with Crippen LogP contribution in [0.4, 0.5) is 5.69 Å². The molecule has 0 spiro atoms. The highest BCUT2D eigenvalue weighted by Gasteiger charge is 2.19. The van der Waals surface area contributed by atoms with Gasteiger partial charge in [-0.1, -0.05) is 44.0 Å². The summed E-state index contributed by atoms with van der Waals surface area (Å²) < 4.78 is 5.51. The molecule has 35 heavy (non-hydrogen) atoms. The molecular weight excluding hydrogens is 474 g/mol. The summed E-state index contributed by atoms with van der Waals surface area (Å²) in [7, 11) is 1.90. The molecule has 8 heteroatoms. The number of aromatic nitrogens is 3. The van der Waals surface area contributed by atoms with Gasteiger partial charge < -0.3 is 0 Å². The summed E-state index contributed by atoms with van der Waals surface area (Å²) in [6, 6.07) is 13.9. The van der Waals surface area contributed by atoms with Crippen molar-refractivity contribution >= 4 is 34.1 Å². The van der Waals surface area contributed by atoms with Crippen molar-refractivity contribution in [1.82, 2.24) is 14.0 Å². The predicted molar refractivity (Wildman–Crippen MR) is 146 cm³/mol. The zero-order valence-corrected chi connectivity index (χ0v) is 22.1. The van der Waals surface area contributed by atoms with Crippen LogP contribution in [0.1, 0.15) is 51.1 Å². The molecule has 0 bridgehead atoms. The summed E-state index contributed by atoms with van der Waals surface area (Å²) in [6.07, 6.45) is 7.03. The van der Waals surface area contributed by atoms with Gasteiger partial charge in [0.1, 0.15) is 0 Å². The Balaban J connectivity index is 1.61. The second kappa shape index (κ2) is 10.3. The fourth-order valence-corrected chi connectivity index (χ4v) is 6.42. The van der Waals surface area contributed by atoms with Crippen LogP contribution in [0, 0.1) is 12.8 Å². The Kier molecular flexibility index (Phi) is 7.02. The van der Waals surface area contributed by atoms with E-state index in [-0.39, 0.29) is 5.56 Å². The summed E-state index contributed by atoms with van der Waals surface area (Å²) in [5.41, 5.74) is 4.24. The number of thiazole rings is 1. The first kappa shape index (κ1) is 23.8.